The lowest BCUT2D eigenvalue weighted by Gasteiger charge is -2.32. The molecule has 0 atom stereocenters. The molecule has 7 nitrogen and oxygen atoms in total. The van der Waals surface area contributed by atoms with Gasteiger partial charge in [0, 0.05) is 37.8 Å². The molecule has 1 N–H and O–H groups in total. The normalized spacial score (nSPS) is 16.4. The molecule has 0 bridgehead atoms. The van der Waals surface area contributed by atoms with Crippen molar-refractivity contribution >= 4 is 28.5 Å². The number of ether oxygens (including phenoxy) is 2. The highest BCUT2D eigenvalue weighted by molar-refractivity contribution is 6.31. The number of nitrogens with zero attached hydrogens (tertiary/aromatic N) is 1. The molecule has 0 saturated carbocycles. The molecule has 0 radical (unpaired) electrons. The Morgan fingerprint density at radius 2 is 1.91 bits per heavy atom. The maximum absolute atomic E-state index is 13.7. The Kier molecular flexibility index (Phi) is 5.48. The van der Waals surface area contributed by atoms with Crippen LogP contribution in [0.5, 0.6) is 11.5 Å². The van der Waals surface area contributed by atoms with Crippen LogP contribution in [-0.2, 0) is 6.54 Å². The highest BCUT2D eigenvalue weighted by atomic mass is 35.5. The molecule has 1 amide bonds. The van der Waals surface area contributed by atoms with Crippen LogP contribution in [0.4, 0.5) is 4.39 Å². The van der Waals surface area contributed by atoms with E-state index < -0.39 is 17.2 Å². The van der Waals surface area contributed by atoms with Gasteiger partial charge in [-0.2, -0.15) is 0 Å². The van der Waals surface area contributed by atoms with E-state index in [1.54, 1.807) is 0 Å². The van der Waals surface area contributed by atoms with Gasteiger partial charge in [-0.3, -0.25) is 14.5 Å². The fourth-order valence-corrected chi connectivity index (χ4v) is 4.22. The second kappa shape index (κ2) is 8.44. The van der Waals surface area contributed by atoms with E-state index in [2.05, 4.69) is 10.2 Å². The molecule has 1 fully saturated rings. The first-order valence-electron chi connectivity index (χ1n) is 10.3. The average Bonchev–Trinajstić information content (AvgIpc) is 3.24. The zero-order chi connectivity index (χ0) is 22.2. The van der Waals surface area contributed by atoms with Crippen molar-refractivity contribution in [1.29, 1.82) is 0 Å². The summed E-state index contributed by atoms with van der Waals surface area (Å²) in [5, 5.41) is 2.87. The van der Waals surface area contributed by atoms with Crippen LogP contribution in [-0.4, -0.2) is 36.7 Å². The van der Waals surface area contributed by atoms with Gasteiger partial charge < -0.3 is 19.2 Å². The topological polar surface area (TPSA) is 81.0 Å². The third kappa shape index (κ3) is 4.16. The Labute approximate surface area is 187 Å². The van der Waals surface area contributed by atoms with E-state index >= 15 is 0 Å². The number of fused-ring (bicyclic) bond motifs is 2. The number of likely N-dealkylation sites (tertiary alicyclic amines) is 1. The second-order valence-electron chi connectivity index (χ2n) is 7.95. The summed E-state index contributed by atoms with van der Waals surface area (Å²) in [6.45, 7) is 2.66. The second-order valence-corrected chi connectivity index (χ2v) is 8.36. The molecule has 0 spiro atoms. The van der Waals surface area contributed by atoms with Crippen molar-refractivity contribution in [2.24, 2.45) is 0 Å². The Morgan fingerprint density at radius 3 is 2.72 bits per heavy atom. The van der Waals surface area contributed by atoms with Gasteiger partial charge in [0.15, 0.2) is 22.7 Å². The first-order valence-corrected chi connectivity index (χ1v) is 10.7. The summed E-state index contributed by atoms with van der Waals surface area (Å²) in [5.41, 5.74) is 0.682. The van der Waals surface area contributed by atoms with E-state index in [0.29, 0.717) is 0 Å². The van der Waals surface area contributed by atoms with Crippen molar-refractivity contribution in [3.05, 3.63) is 68.8 Å². The number of carbonyl (C=O) groups is 1. The van der Waals surface area contributed by atoms with Gasteiger partial charge in [-0.15, -0.1) is 0 Å². The van der Waals surface area contributed by atoms with Gasteiger partial charge in [-0.25, -0.2) is 4.39 Å². The summed E-state index contributed by atoms with van der Waals surface area (Å²) in [6, 6.07) is 9.23. The molecular weight excluding hydrogens is 439 g/mol. The molecule has 32 heavy (non-hydrogen) atoms. The fraction of sp³-hybridized carbons (Fsp3) is 0.304. The summed E-state index contributed by atoms with van der Waals surface area (Å²) in [6.07, 6.45) is 1.52. The van der Waals surface area contributed by atoms with Crippen LogP contribution in [0.2, 0.25) is 5.02 Å². The van der Waals surface area contributed by atoms with Crippen molar-refractivity contribution in [3.63, 3.8) is 0 Å². The van der Waals surface area contributed by atoms with Crippen molar-refractivity contribution in [2.45, 2.75) is 25.4 Å². The summed E-state index contributed by atoms with van der Waals surface area (Å²) in [7, 11) is 0. The van der Waals surface area contributed by atoms with Crippen molar-refractivity contribution in [3.8, 4) is 11.5 Å². The molecule has 3 heterocycles. The molecule has 0 unspecified atom stereocenters. The average molecular weight is 459 g/mol. The summed E-state index contributed by atoms with van der Waals surface area (Å²) >= 11 is 5.73. The molecule has 1 aromatic heterocycles. The maximum atomic E-state index is 13.7. The number of nitrogens with one attached hydrogen (secondary N) is 1. The molecule has 3 aromatic rings. The van der Waals surface area contributed by atoms with Gasteiger partial charge in [0.05, 0.1) is 10.4 Å². The first-order chi connectivity index (χ1) is 15.5. The van der Waals surface area contributed by atoms with Gasteiger partial charge in [0.25, 0.3) is 5.91 Å². The lowest BCUT2D eigenvalue weighted by molar-refractivity contribution is 0.0881. The van der Waals surface area contributed by atoms with E-state index in [4.69, 9.17) is 25.5 Å². The van der Waals surface area contributed by atoms with Crippen molar-refractivity contribution < 1.29 is 23.1 Å². The highest BCUT2D eigenvalue weighted by Crippen LogP contribution is 2.33. The lowest BCUT2D eigenvalue weighted by Crippen LogP contribution is -2.44. The molecule has 1 saturated heterocycles. The number of hydrogen-bond donors (Lipinski definition) is 1. The van der Waals surface area contributed by atoms with Gasteiger partial charge in [-0.1, -0.05) is 17.7 Å². The predicted octanol–water partition coefficient (Wildman–Crippen LogP) is 3.71. The first kappa shape index (κ1) is 20.8. The molecule has 2 aliphatic heterocycles. The molecule has 0 aliphatic carbocycles. The number of hydrogen-bond acceptors (Lipinski definition) is 6. The van der Waals surface area contributed by atoms with Gasteiger partial charge in [0.1, 0.15) is 11.4 Å². The van der Waals surface area contributed by atoms with Crippen LogP contribution >= 0.6 is 11.6 Å². The standard InChI is InChI=1S/C23H20ClFN2O5/c24-16-8-15-18(28)10-22(32-20(15)9-17(16)25)23(29)26-14-3-5-27(6-4-14)11-13-1-2-19-21(7-13)31-12-30-19/h1-2,7-10,14H,3-6,11-12H2,(H,26,29). The molecule has 9 heteroatoms. The van der Waals surface area contributed by atoms with E-state index in [1.165, 1.54) is 6.07 Å². The maximum Gasteiger partial charge on any atom is 0.287 e. The monoisotopic (exact) mass is 458 g/mol. The van der Waals surface area contributed by atoms with Gasteiger partial charge >= 0.3 is 0 Å². The molecule has 5 rings (SSSR count). The number of benzene rings is 2. The Bertz CT molecular complexity index is 1250. The lowest BCUT2D eigenvalue weighted by atomic mass is 10.0. The number of rotatable bonds is 4. The molecule has 2 aliphatic rings. The van der Waals surface area contributed by atoms with E-state index in [1.807, 2.05) is 18.2 Å². The Morgan fingerprint density at radius 1 is 1.12 bits per heavy atom. The third-order valence-electron chi connectivity index (χ3n) is 5.76. The minimum Gasteiger partial charge on any atom is -0.454 e. The predicted molar refractivity (Wildman–Crippen MR) is 116 cm³/mol. The largest absolute Gasteiger partial charge is 0.454 e. The fourth-order valence-electron chi connectivity index (χ4n) is 4.05. The molecular formula is C23H20ClFN2O5. The highest BCUT2D eigenvalue weighted by Gasteiger charge is 2.23. The molecule has 2 aromatic carbocycles. The van der Waals surface area contributed by atoms with Crippen LogP contribution < -0.4 is 20.2 Å². The van der Waals surface area contributed by atoms with Crippen molar-refractivity contribution in [1.82, 2.24) is 10.2 Å². The van der Waals surface area contributed by atoms with Crippen LogP contribution in [0.25, 0.3) is 11.0 Å². The number of amides is 1. The summed E-state index contributed by atoms with van der Waals surface area (Å²) in [5.74, 6) is 0.181. The number of piperidine rings is 1. The van der Waals surface area contributed by atoms with Crippen LogP contribution in [0.3, 0.4) is 0 Å². The van der Waals surface area contributed by atoms with Crippen molar-refractivity contribution in [2.75, 3.05) is 19.9 Å². The Hall–Kier alpha value is -3.10. The minimum absolute atomic E-state index is 0.0110. The SMILES string of the molecule is O=C(NC1CCN(Cc2ccc3c(c2)OCO3)CC1)c1cc(=O)c2cc(Cl)c(F)cc2o1. The van der Waals surface area contributed by atoms with Crippen LogP contribution in [0.1, 0.15) is 29.0 Å². The van der Waals surface area contributed by atoms with E-state index in [0.717, 1.165) is 61.7 Å². The van der Waals surface area contributed by atoms with Gasteiger partial charge in [-0.05, 0) is 36.6 Å². The minimum atomic E-state index is -0.713. The zero-order valence-electron chi connectivity index (χ0n) is 17.0. The smallest absolute Gasteiger partial charge is 0.287 e. The zero-order valence-corrected chi connectivity index (χ0v) is 17.8. The number of carbonyl (C=O) groups excluding carboxylic acids is 1. The summed E-state index contributed by atoms with van der Waals surface area (Å²) < 4.78 is 30.0. The summed E-state index contributed by atoms with van der Waals surface area (Å²) in [4.78, 5) is 27.2. The van der Waals surface area contributed by atoms with Crippen LogP contribution in [0, 0.1) is 5.82 Å². The number of halogens is 2. The van der Waals surface area contributed by atoms with E-state index in [9.17, 15) is 14.0 Å². The van der Waals surface area contributed by atoms with Crippen LogP contribution in [0.15, 0.2) is 45.6 Å². The molecule has 166 valence electrons. The van der Waals surface area contributed by atoms with E-state index in [-0.39, 0.29) is 34.6 Å². The Balaban J connectivity index is 1.20. The quantitative estimate of drug-likeness (QED) is 0.642. The third-order valence-corrected chi connectivity index (χ3v) is 6.05. The van der Waals surface area contributed by atoms with Gasteiger partial charge in [0.2, 0.25) is 6.79 Å².